The van der Waals surface area contributed by atoms with Gasteiger partial charge in [-0.15, -0.1) is 0 Å². The second kappa shape index (κ2) is 4.87. The van der Waals surface area contributed by atoms with Gasteiger partial charge in [-0.25, -0.2) is 0 Å². The average Bonchev–Trinajstić information content (AvgIpc) is 2.18. The zero-order chi connectivity index (χ0) is 9.68. The number of ether oxygens (including phenoxy) is 1. The molecular weight excluding hydrogens is 164 g/mol. The quantitative estimate of drug-likeness (QED) is 0.771. The van der Waals surface area contributed by atoms with Crippen molar-refractivity contribution < 1.29 is 9.84 Å². The molecule has 13 heavy (non-hydrogen) atoms. The number of aliphatic hydroxyl groups is 1. The Kier molecular flexibility index (Phi) is 3.77. The molecule has 0 aromatic heterocycles. The first-order valence-corrected chi connectivity index (χ1v) is 4.69. The lowest BCUT2D eigenvalue weighted by Gasteiger charge is -2.13. The zero-order valence-corrected chi connectivity index (χ0v) is 8.16. The van der Waals surface area contributed by atoms with Gasteiger partial charge in [-0.2, -0.15) is 0 Å². The second-order valence-corrected chi connectivity index (χ2v) is 2.89. The first-order valence-electron chi connectivity index (χ1n) is 4.69. The molecule has 72 valence electrons. The van der Waals surface area contributed by atoms with Gasteiger partial charge >= 0.3 is 0 Å². The predicted octanol–water partition coefficient (Wildman–Crippen LogP) is 2.53. The van der Waals surface area contributed by atoms with Crippen molar-refractivity contribution in [1.29, 1.82) is 0 Å². The molecule has 2 heteroatoms. The molecule has 0 bridgehead atoms. The van der Waals surface area contributed by atoms with Crippen molar-refractivity contribution in [2.24, 2.45) is 0 Å². The van der Waals surface area contributed by atoms with Crippen LogP contribution in [-0.2, 0) is 0 Å². The van der Waals surface area contributed by atoms with Crippen LogP contribution >= 0.6 is 0 Å². The van der Waals surface area contributed by atoms with Crippen molar-refractivity contribution in [2.45, 2.75) is 26.4 Å². The summed E-state index contributed by atoms with van der Waals surface area (Å²) in [7, 11) is 0. The first kappa shape index (κ1) is 10.1. The smallest absolute Gasteiger partial charge is 0.125 e. The molecule has 1 rings (SSSR count). The lowest BCUT2D eigenvalue weighted by Crippen LogP contribution is -2.01. The van der Waals surface area contributed by atoms with Crippen LogP contribution < -0.4 is 4.74 Å². The van der Waals surface area contributed by atoms with Crippen molar-refractivity contribution in [3.8, 4) is 5.75 Å². The molecular formula is C11H16O2. The number of benzene rings is 1. The molecule has 0 amide bonds. The van der Waals surface area contributed by atoms with E-state index in [4.69, 9.17) is 4.74 Å². The molecule has 2 nitrogen and oxygen atoms in total. The van der Waals surface area contributed by atoms with Crippen LogP contribution in [-0.4, -0.2) is 11.7 Å². The van der Waals surface area contributed by atoms with Gasteiger partial charge in [0.05, 0.1) is 12.7 Å². The van der Waals surface area contributed by atoms with Gasteiger partial charge in [0, 0.05) is 5.56 Å². The molecule has 0 aliphatic carbocycles. The van der Waals surface area contributed by atoms with Gasteiger partial charge < -0.3 is 9.84 Å². The fourth-order valence-corrected chi connectivity index (χ4v) is 1.26. The summed E-state index contributed by atoms with van der Waals surface area (Å²) in [5, 5.41) is 9.66. The Labute approximate surface area is 79.2 Å². The third-order valence-electron chi connectivity index (χ3n) is 1.96. The molecule has 0 unspecified atom stereocenters. The Hall–Kier alpha value is -1.02. The van der Waals surface area contributed by atoms with Gasteiger partial charge in [0.1, 0.15) is 5.75 Å². The van der Waals surface area contributed by atoms with Gasteiger partial charge in [0.25, 0.3) is 0 Å². The van der Waals surface area contributed by atoms with Crippen molar-refractivity contribution in [1.82, 2.24) is 0 Å². The number of hydrogen-bond acceptors (Lipinski definition) is 2. The Morgan fingerprint density at radius 3 is 2.62 bits per heavy atom. The maximum atomic E-state index is 9.66. The zero-order valence-electron chi connectivity index (χ0n) is 8.16. The van der Waals surface area contributed by atoms with Crippen LogP contribution in [0.5, 0.6) is 5.75 Å². The van der Waals surface area contributed by atoms with Gasteiger partial charge in [0.2, 0.25) is 0 Å². The lowest BCUT2D eigenvalue weighted by atomic mass is 10.1. The number of aliphatic hydroxyl groups excluding tert-OH is 1. The standard InChI is InChI=1S/C11H16O2/c1-3-10(12)9-7-5-6-8-11(9)13-4-2/h5-8,10,12H,3-4H2,1-2H3/t10-/m1/s1. The van der Waals surface area contributed by atoms with Crippen LogP contribution in [0.25, 0.3) is 0 Å². The van der Waals surface area contributed by atoms with Crippen LogP contribution in [0.4, 0.5) is 0 Å². The Morgan fingerprint density at radius 1 is 1.31 bits per heavy atom. The van der Waals surface area contributed by atoms with Gasteiger partial charge in [-0.3, -0.25) is 0 Å². The molecule has 1 N–H and O–H groups in total. The molecule has 0 aliphatic heterocycles. The molecule has 1 aromatic carbocycles. The fourth-order valence-electron chi connectivity index (χ4n) is 1.26. The van der Waals surface area contributed by atoms with Crippen LogP contribution in [0.3, 0.4) is 0 Å². The highest BCUT2D eigenvalue weighted by Gasteiger charge is 2.09. The van der Waals surface area contributed by atoms with E-state index in [9.17, 15) is 5.11 Å². The van der Waals surface area contributed by atoms with E-state index in [0.717, 1.165) is 11.3 Å². The third-order valence-corrected chi connectivity index (χ3v) is 1.96. The van der Waals surface area contributed by atoms with Gasteiger partial charge in [0.15, 0.2) is 0 Å². The van der Waals surface area contributed by atoms with E-state index < -0.39 is 6.10 Å². The minimum Gasteiger partial charge on any atom is -0.493 e. The summed E-state index contributed by atoms with van der Waals surface area (Å²) in [6.07, 6.45) is 0.298. The maximum Gasteiger partial charge on any atom is 0.125 e. The summed E-state index contributed by atoms with van der Waals surface area (Å²) in [5.74, 6) is 0.791. The topological polar surface area (TPSA) is 29.5 Å². The van der Waals surface area contributed by atoms with Crippen LogP contribution in [0.1, 0.15) is 31.9 Å². The largest absolute Gasteiger partial charge is 0.493 e. The molecule has 0 radical (unpaired) electrons. The van der Waals surface area contributed by atoms with Crippen LogP contribution in [0, 0.1) is 0 Å². The summed E-state index contributed by atoms with van der Waals surface area (Å²) in [6, 6.07) is 7.62. The van der Waals surface area contributed by atoms with Crippen molar-refractivity contribution in [3.63, 3.8) is 0 Å². The molecule has 1 atom stereocenters. The second-order valence-electron chi connectivity index (χ2n) is 2.89. The van der Waals surface area contributed by atoms with E-state index in [1.165, 1.54) is 0 Å². The Morgan fingerprint density at radius 2 is 2.00 bits per heavy atom. The van der Waals surface area contributed by atoms with Crippen molar-refractivity contribution in [3.05, 3.63) is 29.8 Å². The summed E-state index contributed by atoms with van der Waals surface area (Å²) in [4.78, 5) is 0. The van der Waals surface area contributed by atoms with Crippen molar-refractivity contribution in [2.75, 3.05) is 6.61 Å². The average molecular weight is 180 g/mol. The SMILES string of the molecule is CCOc1ccccc1[C@H](O)CC. The molecule has 0 aliphatic rings. The predicted molar refractivity (Wildman–Crippen MR) is 52.9 cm³/mol. The molecule has 0 saturated heterocycles. The normalized spacial score (nSPS) is 12.5. The summed E-state index contributed by atoms with van der Waals surface area (Å²) < 4.78 is 5.40. The van der Waals surface area contributed by atoms with E-state index in [1.807, 2.05) is 38.1 Å². The van der Waals surface area contributed by atoms with E-state index in [-0.39, 0.29) is 0 Å². The Balaban J connectivity index is 2.90. The minimum atomic E-state index is -0.414. The highest BCUT2D eigenvalue weighted by molar-refractivity contribution is 5.34. The summed E-state index contributed by atoms with van der Waals surface area (Å²) >= 11 is 0. The number of hydrogen-bond donors (Lipinski definition) is 1. The van der Waals surface area contributed by atoms with E-state index >= 15 is 0 Å². The Bertz CT molecular complexity index is 258. The highest BCUT2D eigenvalue weighted by atomic mass is 16.5. The molecule has 0 heterocycles. The number of para-hydroxylation sites is 1. The molecule has 0 spiro atoms. The highest BCUT2D eigenvalue weighted by Crippen LogP contribution is 2.26. The minimum absolute atomic E-state index is 0.414. The summed E-state index contributed by atoms with van der Waals surface area (Å²) in [6.45, 7) is 4.52. The number of rotatable bonds is 4. The van der Waals surface area contributed by atoms with Gasteiger partial charge in [-0.05, 0) is 19.4 Å². The van der Waals surface area contributed by atoms with Crippen LogP contribution in [0.2, 0.25) is 0 Å². The van der Waals surface area contributed by atoms with E-state index in [1.54, 1.807) is 0 Å². The monoisotopic (exact) mass is 180 g/mol. The van der Waals surface area contributed by atoms with Crippen molar-refractivity contribution >= 4 is 0 Å². The summed E-state index contributed by atoms with van der Waals surface area (Å²) in [5.41, 5.74) is 0.881. The third kappa shape index (κ3) is 2.46. The molecule has 0 fully saturated rings. The molecule has 1 aromatic rings. The maximum absolute atomic E-state index is 9.66. The lowest BCUT2D eigenvalue weighted by molar-refractivity contribution is 0.168. The van der Waals surface area contributed by atoms with Crippen LogP contribution in [0.15, 0.2) is 24.3 Å². The first-order chi connectivity index (χ1) is 6.29. The fraction of sp³-hybridized carbons (Fsp3) is 0.455. The van der Waals surface area contributed by atoms with E-state index in [2.05, 4.69) is 0 Å². The molecule has 0 saturated carbocycles. The van der Waals surface area contributed by atoms with Gasteiger partial charge in [-0.1, -0.05) is 25.1 Å². The van der Waals surface area contributed by atoms with E-state index in [0.29, 0.717) is 13.0 Å².